The third-order valence-electron chi connectivity index (χ3n) is 7.90. The summed E-state index contributed by atoms with van der Waals surface area (Å²) in [5.41, 5.74) is 0.0471. The van der Waals surface area contributed by atoms with Crippen molar-refractivity contribution in [1.29, 1.82) is 5.26 Å². The summed E-state index contributed by atoms with van der Waals surface area (Å²) < 4.78 is 54.0. The van der Waals surface area contributed by atoms with Gasteiger partial charge in [-0.25, -0.2) is 22.5 Å². The van der Waals surface area contributed by atoms with Crippen LogP contribution in [0.1, 0.15) is 62.6 Å². The Balaban J connectivity index is 0.000000241. The minimum atomic E-state index is -2.82. The summed E-state index contributed by atoms with van der Waals surface area (Å²) in [5, 5.41) is 11.3. The van der Waals surface area contributed by atoms with E-state index in [2.05, 4.69) is 10.3 Å². The third-order valence-corrected chi connectivity index (χ3v) is 7.90. The molecule has 1 saturated carbocycles. The van der Waals surface area contributed by atoms with Crippen LogP contribution < -0.4 is 15.1 Å². The molecule has 2 heterocycles. The van der Waals surface area contributed by atoms with Gasteiger partial charge in [0, 0.05) is 43.7 Å². The van der Waals surface area contributed by atoms with Gasteiger partial charge < -0.3 is 5.32 Å². The van der Waals surface area contributed by atoms with Gasteiger partial charge in [-0.1, -0.05) is 26.0 Å². The first kappa shape index (κ1) is 33.1. The highest BCUT2D eigenvalue weighted by Crippen LogP contribution is 2.45. The Hall–Kier alpha value is -4.79. The molecule has 8 nitrogen and oxygen atoms in total. The van der Waals surface area contributed by atoms with E-state index in [-0.39, 0.29) is 18.0 Å². The van der Waals surface area contributed by atoms with E-state index in [0.29, 0.717) is 48.3 Å². The summed E-state index contributed by atoms with van der Waals surface area (Å²) in [6.45, 7) is 4.71. The molecular weight excluding hydrogens is 590 g/mol. The van der Waals surface area contributed by atoms with Gasteiger partial charge in [0.15, 0.2) is 5.54 Å². The van der Waals surface area contributed by atoms with Crippen LogP contribution in [0.3, 0.4) is 0 Å². The molecule has 0 spiro atoms. The number of rotatable bonds is 6. The number of hydrogen-bond donors (Lipinski definition) is 1. The van der Waals surface area contributed by atoms with Crippen molar-refractivity contribution in [2.45, 2.75) is 69.9 Å². The van der Waals surface area contributed by atoms with Crippen LogP contribution in [0.5, 0.6) is 0 Å². The van der Waals surface area contributed by atoms with Crippen molar-refractivity contribution in [3.63, 3.8) is 0 Å². The van der Waals surface area contributed by atoms with Crippen LogP contribution in [0.15, 0.2) is 60.8 Å². The second kappa shape index (κ2) is 13.9. The summed E-state index contributed by atoms with van der Waals surface area (Å²) in [6.07, 6.45) is 2.90. The Morgan fingerprint density at radius 2 is 1.82 bits per heavy atom. The van der Waals surface area contributed by atoms with Gasteiger partial charge >= 0.3 is 0 Å². The normalized spacial score (nSPS) is 19.5. The average molecular weight is 624 g/mol. The molecule has 6 rings (SSSR count). The van der Waals surface area contributed by atoms with Crippen molar-refractivity contribution in [2.24, 2.45) is 0 Å². The topological polar surface area (TPSA) is 106 Å². The molecule has 0 radical (unpaired) electrons. The van der Waals surface area contributed by atoms with Gasteiger partial charge in [-0.05, 0) is 72.9 Å². The summed E-state index contributed by atoms with van der Waals surface area (Å²) in [6, 6.07) is 13.7. The molecule has 0 bridgehead atoms. The zero-order valence-corrected chi connectivity index (χ0v) is 24.9. The van der Waals surface area contributed by atoms with Crippen molar-refractivity contribution in [3.8, 4) is 6.07 Å². The monoisotopic (exact) mass is 623 g/mol. The number of amides is 3. The lowest BCUT2D eigenvalue weighted by Crippen LogP contribution is -2.60. The third kappa shape index (κ3) is 6.98. The predicted molar refractivity (Wildman–Crippen MR) is 159 cm³/mol. The number of nitrogens with one attached hydrogen (secondary N) is 1. The van der Waals surface area contributed by atoms with E-state index < -0.39 is 47.9 Å². The molecule has 1 saturated heterocycles. The quantitative estimate of drug-likeness (QED) is 0.277. The first-order valence-electron chi connectivity index (χ1n) is 14.7. The maximum absolute atomic E-state index is 13.8. The van der Waals surface area contributed by atoms with Crippen LogP contribution in [0.25, 0.3) is 0 Å². The number of benzene rings is 2. The summed E-state index contributed by atoms with van der Waals surface area (Å²) in [5.74, 6) is -3.86. The number of carbonyl (C=O) groups is 3. The van der Waals surface area contributed by atoms with Crippen LogP contribution in [0.4, 0.5) is 29.1 Å². The summed E-state index contributed by atoms with van der Waals surface area (Å²) >= 11 is 0. The first-order chi connectivity index (χ1) is 21.6. The van der Waals surface area contributed by atoms with Crippen LogP contribution in [0, 0.1) is 23.0 Å². The molecule has 3 aliphatic rings. The number of hydrogen-bond acceptors (Lipinski definition) is 5. The van der Waals surface area contributed by atoms with Crippen molar-refractivity contribution < 1.29 is 31.9 Å². The standard InChI is InChI=1S/C21H18F4N2O2.C10H9N3O.C2H6/c22-14-2-1-3-17(9-14)27(12-28)21(19(29)26-16-10-20(24,25)11-16)7-6-13-8-15(23)4-5-18(13)21;11-7-8-3-4-12-9(6-8)13-5-1-2-10(13)14;1-2/h1-5,8-9,12,16H,6-7,10-11H2,(H,26,29);3-4,6H,1-2,5H2;1-2H3. The smallest absolute Gasteiger partial charge is 0.252 e. The lowest BCUT2D eigenvalue weighted by atomic mass is 9.84. The lowest BCUT2D eigenvalue weighted by molar-refractivity contribution is -0.135. The van der Waals surface area contributed by atoms with Gasteiger partial charge in [-0.15, -0.1) is 0 Å². The predicted octanol–water partition coefficient (Wildman–Crippen LogP) is 5.79. The van der Waals surface area contributed by atoms with E-state index in [9.17, 15) is 31.9 Å². The van der Waals surface area contributed by atoms with Crippen molar-refractivity contribution >= 4 is 29.7 Å². The molecule has 1 aliphatic heterocycles. The number of nitriles is 1. The minimum Gasteiger partial charge on any atom is -0.351 e. The SMILES string of the molecule is CC.N#Cc1ccnc(N2CCCC2=O)c1.O=CN(c1cccc(F)c1)C1(C(=O)NC2CC(F)(F)C2)CCc2cc(F)ccc21. The summed E-state index contributed by atoms with van der Waals surface area (Å²) in [7, 11) is 0. The van der Waals surface area contributed by atoms with Crippen LogP contribution in [-0.2, 0) is 26.3 Å². The van der Waals surface area contributed by atoms with E-state index in [1.807, 2.05) is 19.9 Å². The molecular formula is C33H33F4N5O3. The van der Waals surface area contributed by atoms with Crippen LogP contribution >= 0.6 is 0 Å². The molecule has 2 aliphatic carbocycles. The fourth-order valence-corrected chi connectivity index (χ4v) is 5.81. The highest BCUT2D eigenvalue weighted by atomic mass is 19.3. The Labute approximate surface area is 258 Å². The molecule has 1 aromatic heterocycles. The Kier molecular flexibility index (Phi) is 10.2. The second-order valence-electron chi connectivity index (χ2n) is 10.7. The van der Waals surface area contributed by atoms with Crippen molar-refractivity contribution in [2.75, 3.05) is 16.3 Å². The van der Waals surface area contributed by atoms with Gasteiger partial charge in [0.05, 0.1) is 11.6 Å². The molecule has 236 valence electrons. The largest absolute Gasteiger partial charge is 0.351 e. The minimum absolute atomic E-state index is 0.0904. The number of pyridine rings is 1. The average Bonchev–Trinajstić information content (AvgIpc) is 3.62. The van der Waals surface area contributed by atoms with E-state index in [1.165, 1.54) is 36.4 Å². The summed E-state index contributed by atoms with van der Waals surface area (Å²) in [4.78, 5) is 43.6. The zero-order valence-electron chi connectivity index (χ0n) is 24.9. The molecule has 1 atom stereocenters. The molecule has 3 amide bonds. The highest BCUT2D eigenvalue weighted by Gasteiger charge is 2.53. The molecule has 2 fully saturated rings. The van der Waals surface area contributed by atoms with Crippen molar-refractivity contribution in [3.05, 3.63) is 89.1 Å². The Morgan fingerprint density at radius 1 is 1.09 bits per heavy atom. The van der Waals surface area contributed by atoms with Gasteiger partial charge in [0.25, 0.3) is 11.8 Å². The van der Waals surface area contributed by atoms with Gasteiger partial charge in [-0.2, -0.15) is 5.26 Å². The second-order valence-corrected chi connectivity index (χ2v) is 10.7. The molecule has 1 N–H and O–H groups in total. The number of nitrogens with zero attached hydrogens (tertiary/aromatic N) is 4. The van der Waals surface area contributed by atoms with Gasteiger partial charge in [0.2, 0.25) is 12.3 Å². The lowest BCUT2D eigenvalue weighted by Gasteiger charge is -2.42. The first-order valence-corrected chi connectivity index (χ1v) is 14.7. The number of aryl methyl sites for hydroxylation is 1. The molecule has 1 unspecified atom stereocenters. The molecule has 2 aromatic carbocycles. The fraction of sp³-hybridized carbons (Fsp3) is 0.364. The number of anilines is 2. The van der Waals surface area contributed by atoms with Gasteiger partial charge in [-0.3, -0.25) is 24.2 Å². The van der Waals surface area contributed by atoms with Gasteiger partial charge in [0.1, 0.15) is 17.5 Å². The molecule has 45 heavy (non-hydrogen) atoms. The Bertz CT molecular complexity index is 1600. The number of carbonyl (C=O) groups excluding carboxylic acids is 3. The van der Waals surface area contributed by atoms with E-state index in [1.54, 1.807) is 23.2 Å². The molecule has 3 aromatic rings. The Morgan fingerprint density at radius 3 is 2.44 bits per heavy atom. The fourth-order valence-electron chi connectivity index (χ4n) is 5.81. The van der Waals surface area contributed by atoms with Crippen LogP contribution in [0.2, 0.25) is 0 Å². The number of halogens is 4. The van der Waals surface area contributed by atoms with E-state index >= 15 is 0 Å². The highest BCUT2D eigenvalue weighted by molar-refractivity contribution is 5.98. The number of alkyl halides is 2. The zero-order chi connectivity index (χ0) is 32.8. The maximum atomic E-state index is 13.8. The maximum Gasteiger partial charge on any atom is 0.252 e. The number of aromatic nitrogens is 1. The van der Waals surface area contributed by atoms with E-state index in [0.717, 1.165) is 17.4 Å². The molecule has 12 heteroatoms. The van der Waals surface area contributed by atoms with Crippen molar-refractivity contribution in [1.82, 2.24) is 10.3 Å². The van der Waals surface area contributed by atoms with Crippen LogP contribution in [-0.4, -0.2) is 41.7 Å². The van der Waals surface area contributed by atoms with E-state index in [4.69, 9.17) is 5.26 Å². The number of fused-ring (bicyclic) bond motifs is 1.